The van der Waals surface area contributed by atoms with Crippen molar-refractivity contribution in [2.45, 2.75) is 51.9 Å². The van der Waals surface area contributed by atoms with E-state index in [-0.39, 0.29) is 5.41 Å². The van der Waals surface area contributed by atoms with Crippen LogP contribution in [0.1, 0.15) is 68.7 Å². The number of rotatable bonds is 7. The molecule has 0 bridgehead atoms. The maximum absolute atomic E-state index is 4.59. The van der Waals surface area contributed by atoms with Crippen LogP contribution in [0.15, 0.2) is 200 Å². The maximum atomic E-state index is 4.59. The van der Waals surface area contributed by atoms with Gasteiger partial charge < -0.3 is 0 Å². The van der Waals surface area contributed by atoms with Gasteiger partial charge >= 0.3 is 0 Å². The van der Waals surface area contributed by atoms with Gasteiger partial charge in [-0.05, 0) is 110 Å². The Bertz CT molecular complexity index is 2830. The second-order valence-corrected chi connectivity index (χ2v) is 16.4. The Labute approximate surface area is 342 Å². The zero-order chi connectivity index (χ0) is 39.2. The van der Waals surface area contributed by atoms with Gasteiger partial charge in [-0.25, -0.2) is 0 Å². The van der Waals surface area contributed by atoms with Crippen molar-refractivity contribution >= 4 is 69.8 Å². The molecule has 8 rings (SSSR count). The van der Waals surface area contributed by atoms with E-state index in [1.165, 1.54) is 75.1 Å². The summed E-state index contributed by atoms with van der Waals surface area (Å²) in [4.78, 5) is 0. The van der Waals surface area contributed by atoms with E-state index in [1.54, 1.807) is 0 Å². The fourth-order valence-corrected chi connectivity index (χ4v) is 9.66. The van der Waals surface area contributed by atoms with E-state index in [0.717, 1.165) is 36.8 Å². The van der Waals surface area contributed by atoms with E-state index in [4.69, 9.17) is 0 Å². The summed E-state index contributed by atoms with van der Waals surface area (Å²) in [5, 5.41) is 7.75. The van der Waals surface area contributed by atoms with Crippen molar-refractivity contribution < 1.29 is 0 Å². The summed E-state index contributed by atoms with van der Waals surface area (Å²) < 4.78 is 2.70. The molecular formula is C56H50S. The van der Waals surface area contributed by atoms with Crippen LogP contribution < -0.4 is 0 Å². The zero-order valence-corrected chi connectivity index (χ0v) is 34.2. The molecule has 0 radical (unpaired) electrons. The predicted octanol–water partition coefficient (Wildman–Crippen LogP) is 16.6. The van der Waals surface area contributed by atoms with Crippen molar-refractivity contribution in [2.24, 2.45) is 0 Å². The normalized spacial score (nSPS) is 19.3. The summed E-state index contributed by atoms with van der Waals surface area (Å²) in [5.41, 5.74) is 10.2. The Morgan fingerprint density at radius 2 is 1.46 bits per heavy atom. The third-order valence-corrected chi connectivity index (χ3v) is 12.5. The first-order valence-corrected chi connectivity index (χ1v) is 21.1. The second kappa shape index (κ2) is 17.0. The smallest absolute Gasteiger partial charge is 0.0361 e. The summed E-state index contributed by atoms with van der Waals surface area (Å²) in [5.74, 6) is 0. The van der Waals surface area contributed by atoms with Crippen LogP contribution in [0.5, 0.6) is 0 Å². The van der Waals surface area contributed by atoms with E-state index < -0.39 is 0 Å². The minimum absolute atomic E-state index is 0.0628. The van der Waals surface area contributed by atoms with Crippen molar-refractivity contribution in [1.29, 1.82) is 0 Å². The average Bonchev–Trinajstić information content (AvgIpc) is 3.69. The molecule has 0 saturated heterocycles. The van der Waals surface area contributed by atoms with Gasteiger partial charge in [0.1, 0.15) is 0 Å². The van der Waals surface area contributed by atoms with Crippen LogP contribution in [0.2, 0.25) is 0 Å². The third kappa shape index (κ3) is 7.73. The second-order valence-electron chi connectivity index (χ2n) is 15.4. The molecule has 0 saturated carbocycles. The molecule has 57 heavy (non-hydrogen) atoms. The van der Waals surface area contributed by atoms with E-state index in [0.29, 0.717) is 0 Å². The highest BCUT2D eigenvalue weighted by molar-refractivity contribution is 7.25. The molecule has 2 aliphatic carbocycles. The number of hydrogen-bond acceptors (Lipinski definition) is 1. The molecule has 0 N–H and O–H groups in total. The van der Waals surface area contributed by atoms with Crippen LogP contribution in [0.25, 0.3) is 58.4 Å². The lowest BCUT2D eigenvalue weighted by atomic mass is 9.81. The van der Waals surface area contributed by atoms with Gasteiger partial charge in [-0.15, -0.1) is 11.3 Å². The summed E-state index contributed by atoms with van der Waals surface area (Å²) in [6.07, 6.45) is 32.6. The average molecular weight is 755 g/mol. The van der Waals surface area contributed by atoms with Crippen LogP contribution in [0.4, 0.5) is 0 Å². The number of thiophene rings is 1. The Balaban J connectivity index is 1.12. The minimum atomic E-state index is -0.0628. The van der Waals surface area contributed by atoms with E-state index in [1.807, 2.05) is 11.3 Å². The quantitative estimate of drug-likeness (QED) is 0.142. The SMILES string of the molecule is C=C(/C=C\C=C\CC=C1/C(=C\CC)C(C)(C)c2ccc3cc4sc5ccccc5c4cc3c21)c1ccccccc(/C2=C/C=C\C/C=C\C=C/C2)c2ccccc12. The minimum Gasteiger partial charge on any atom is -0.135 e. The van der Waals surface area contributed by atoms with Gasteiger partial charge in [0, 0.05) is 25.6 Å². The zero-order valence-electron chi connectivity index (χ0n) is 33.3. The lowest BCUT2D eigenvalue weighted by Crippen LogP contribution is -2.15. The first kappa shape index (κ1) is 37.9. The Kier molecular flexibility index (Phi) is 11.3. The largest absolute Gasteiger partial charge is 0.135 e. The van der Waals surface area contributed by atoms with Gasteiger partial charge in [-0.2, -0.15) is 0 Å². The summed E-state index contributed by atoms with van der Waals surface area (Å²) >= 11 is 1.89. The van der Waals surface area contributed by atoms with E-state index in [2.05, 4.69) is 216 Å². The molecule has 5 aromatic carbocycles. The fourth-order valence-electron chi connectivity index (χ4n) is 8.52. The molecule has 0 fully saturated rings. The molecule has 0 atom stereocenters. The summed E-state index contributed by atoms with van der Waals surface area (Å²) in [7, 11) is 0. The van der Waals surface area contributed by atoms with Gasteiger partial charge in [0.15, 0.2) is 0 Å². The van der Waals surface area contributed by atoms with Gasteiger partial charge in [-0.3, -0.25) is 0 Å². The third-order valence-electron chi connectivity index (χ3n) is 11.3. The molecular weight excluding hydrogens is 705 g/mol. The van der Waals surface area contributed by atoms with Crippen LogP contribution in [0, 0.1) is 0 Å². The van der Waals surface area contributed by atoms with Gasteiger partial charge in [0.2, 0.25) is 0 Å². The van der Waals surface area contributed by atoms with Gasteiger partial charge in [0.25, 0.3) is 0 Å². The van der Waals surface area contributed by atoms with Crippen molar-refractivity contribution in [3.63, 3.8) is 0 Å². The number of hydrogen-bond donors (Lipinski definition) is 0. The predicted molar refractivity (Wildman–Crippen MR) is 254 cm³/mol. The first-order valence-electron chi connectivity index (χ1n) is 20.3. The molecule has 0 nitrogen and oxygen atoms in total. The Morgan fingerprint density at radius 3 is 2.32 bits per heavy atom. The molecule has 2 aliphatic rings. The van der Waals surface area contributed by atoms with Crippen LogP contribution in [-0.4, -0.2) is 0 Å². The number of allylic oxidation sites excluding steroid dienone is 17. The first-order chi connectivity index (χ1) is 28.0. The van der Waals surface area contributed by atoms with Crippen LogP contribution in [-0.2, 0) is 5.41 Å². The lowest BCUT2D eigenvalue weighted by Gasteiger charge is -2.22. The van der Waals surface area contributed by atoms with Crippen molar-refractivity contribution in [2.75, 3.05) is 0 Å². The van der Waals surface area contributed by atoms with Crippen LogP contribution >= 0.6 is 11.3 Å². The van der Waals surface area contributed by atoms with E-state index in [9.17, 15) is 0 Å². The van der Waals surface area contributed by atoms with E-state index >= 15 is 0 Å². The van der Waals surface area contributed by atoms with Gasteiger partial charge in [-0.1, -0.05) is 197 Å². The maximum Gasteiger partial charge on any atom is 0.0361 e. The molecule has 6 aromatic rings. The fraction of sp³-hybridized carbons (Fsp3) is 0.143. The highest BCUT2D eigenvalue weighted by Crippen LogP contribution is 2.53. The number of fused-ring (bicyclic) bond motifs is 7. The molecule has 0 amide bonds. The topological polar surface area (TPSA) is 0 Å². The van der Waals surface area contributed by atoms with Gasteiger partial charge in [0.05, 0.1) is 0 Å². The molecule has 0 aliphatic heterocycles. The van der Waals surface area contributed by atoms with Crippen molar-refractivity contribution in [3.05, 3.63) is 223 Å². The monoisotopic (exact) mass is 754 g/mol. The Hall–Kier alpha value is -6.02. The summed E-state index contributed by atoms with van der Waals surface area (Å²) in [6, 6.07) is 40.0. The summed E-state index contributed by atoms with van der Waals surface area (Å²) in [6.45, 7) is 11.6. The lowest BCUT2D eigenvalue weighted by molar-refractivity contribution is 0.658. The Morgan fingerprint density at radius 1 is 0.702 bits per heavy atom. The van der Waals surface area contributed by atoms with Crippen molar-refractivity contribution in [1.82, 2.24) is 0 Å². The standard InChI is InChI=1S/C56H50S/c1-5-25-51-48(55-49-39-50-47-33-23-24-35-53(47)57-54(50)38-42(49)36-37-52(55)56(51,3)4)34-20-12-11-15-26-40(2)43-29-18-13-14-19-30-44(46-32-22-21-31-45(43)46)41-27-16-9-7-6-8-10-17-28-41/h6-7,9-19,21-26,28-39H,2,5,8,20,27H2,1,3-4H3/b7-6-,12-11+,14-13?,16-9-,17-10-,18-13?,19-14?,26-15-,29-18?,30-19?,41-28+,43-29?,44-30?,45-43?,46-44?,48-34?,51-25+. The highest BCUT2D eigenvalue weighted by Gasteiger charge is 2.38. The number of benzene rings is 4. The van der Waals surface area contributed by atoms with Crippen LogP contribution in [0.3, 0.4) is 0 Å². The van der Waals surface area contributed by atoms with Crippen molar-refractivity contribution in [3.8, 4) is 0 Å². The highest BCUT2D eigenvalue weighted by atomic mass is 32.1. The molecule has 0 unspecified atom stereocenters. The molecule has 1 heterocycles. The molecule has 280 valence electrons. The molecule has 1 heteroatoms. The molecule has 1 aromatic heterocycles. The molecule has 0 spiro atoms.